The summed E-state index contributed by atoms with van der Waals surface area (Å²) in [6.07, 6.45) is 1.52. The SMILES string of the molecule is Cc1ccc(C)c(Nc2nc(NN=Cc3ccccc3O)nc(N3CCOCC3)n2)c1.Cl. The number of hydrazone groups is 1. The number of hydrogen-bond donors (Lipinski definition) is 3. The molecule has 0 aliphatic carbocycles. The van der Waals surface area contributed by atoms with Crippen LogP contribution in [0.3, 0.4) is 0 Å². The lowest BCUT2D eigenvalue weighted by atomic mass is 10.1. The van der Waals surface area contributed by atoms with Crippen molar-refractivity contribution in [3.05, 3.63) is 59.2 Å². The van der Waals surface area contributed by atoms with E-state index >= 15 is 0 Å². The summed E-state index contributed by atoms with van der Waals surface area (Å²) in [6.45, 7) is 6.72. The number of para-hydroxylation sites is 1. The number of hydrogen-bond acceptors (Lipinski definition) is 9. The van der Waals surface area contributed by atoms with E-state index in [-0.39, 0.29) is 18.2 Å². The van der Waals surface area contributed by atoms with Crippen molar-refractivity contribution in [2.45, 2.75) is 13.8 Å². The summed E-state index contributed by atoms with van der Waals surface area (Å²) in [5.41, 5.74) is 6.60. The monoisotopic (exact) mass is 455 g/mol. The molecule has 4 rings (SSSR count). The van der Waals surface area contributed by atoms with Crippen LogP contribution in [0.1, 0.15) is 16.7 Å². The van der Waals surface area contributed by atoms with Gasteiger partial charge >= 0.3 is 0 Å². The van der Waals surface area contributed by atoms with Gasteiger partial charge in [0.25, 0.3) is 0 Å². The molecule has 168 valence electrons. The van der Waals surface area contributed by atoms with Crippen LogP contribution in [0.5, 0.6) is 5.75 Å². The molecule has 2 heterocycles. The van der Waals surface area contributed by atoms with Crippen LogP contribution in [-0.2, 0) is 4.74 Å². The van der Waals surface area contributed by atoms with Crippen LogP contribution in [0.2, 0.25) is 0 Å². The number of nitrogens with zero attached hydrogens (tertiary/aromatic N) is 5. The van der Waals surface area contributed by atoms with Gasteiger partial charge in [0.15, 0.2) is 0 Å². The van der Waals surface area contributed by atoms with Crippen molar-refractivity contribution < 1.29 is 9.84 Å². The minimum atomic E-state index is 0. The molecular formula is C22H26ClN7O2. The quantitative estimate of drug-likeness (QED) is 0.382. The van der Waals surface area contributed by atoms with Crippen molar-refractivity contribution in [1.29, 1.82) is 0 Å². The molecule has 0 amide bonds. The van der Waals surface area contributed by atoms with Gasteiger partial charge in [0.2, 0.25) is 17.8 Å². The predicted octanol–water partition coefficient (Wildman–Crippen LogP) is 3.64. The first kappa shape index (κ1) is 23.2. The number of rotatable bonds is 6. The normalized spacial score (nSPS) is 13.6. The van der Waals surface area contributed by atoms with Crippen LogP contribution in [0, 0.1) is 13.8 Å². The number of phenolic OH excluding ortho intramolecular Hbond substituents is 1. The first-order chi connectivity index (χ1) is 15.1. The molecule has 0 atom stereocenters. The van der Waals surface area contributed by atoms with Gasteiger partial charge in [0.05, 0.1) is 19.4 Å². The van der Waals surface area contributed by atoms with Crippen molar-refractivity contribution in [3.8, 4) is 5.75 Å². The van der Waals surface area contributed by atoms with E-state index in [1.54, 1.807) is 18.2 Å². The first-order valence-corrected chi connectivity index (χ1v) is 10.1. The van der Waals surface area contributed by atoms with Gasteiger partial charge in [-0.25, -0.2) is 5.43 Å². The summed E-state index contributed by atoms with van der Waals surface area (Å²) in [5.74, 6) is 1.42. The Hall–Kier alpha value is -3.43. The largest absolute Gasteiger partial charge is 0.507 e. The first-order valence-electron chi connectivity index (χ1n) is 10.1. The van der Waals surface area contributed by atoms with E-state index < -0.39 is 0 Å². The molecule has 0 unspecified atom stereocenters. The summed E-state index contributed by atoms with van der Waals surface area (Å²) < 4.78 is 5.44. The maximum absolute atomic E-state index is 9.89. The van der Waals surface area contributed by atoms with Crippen LogP contribution in [0.25, 0.3) is 0 Å². The van der Waals surface area contributed by atoms with Crippen LogP contribution in [-0.4, -0.2) is 52.6 Å². The molecule has 3 aromatic rings. The summed E-state index contributed by atoms with van der Waals surface area (Å²) in [4.78, 5) is 15.6. The molecule has 1 saturated heterocycles. The van der Waals surface area contributed by atoms with Crippen LogP contribution >= 0.6 is 12.4 Å². The van der Waals surface area contributed by atoms with E-state index in [1.807, 2.05) is 19.9 Å². The Morgan fingerprint density at radius 1 is 1.03 bits per heavy atom. The van der Waals surface area contributed by atoms with E-state index in [0.717, 1.165) is 16.8 Å². The number of nitrogens with one attached hydrogen (secondary N) is 2. The second kappa shape index (κ2) is 10.7. The molecule has 0 spiro atoms. The fraction of sp³-hybridized carbons (Fsp3) is 0.273. The molecule has 2 aromatic carbocycles. The third kappa shape index (κ3) is 5.83. The van der Waals surface area contributed by atoms with Gasteiger partial charge in [-0.1, -0.05) is 24.3 Å². The van der Waals surface area contributed by atoms with Crippen molar-refractivity contribution in [3.63, 3.8) is 0 Å². The van der Waals surface area contributed by atoms with Crippen LogP contribution in [0.4, 0.5) is 23.5 Å². The number of aryl methyl sites for hydroxylation is 2. The standard InChI is InChI=1S/C22H25N7O2.ClH/c1-15-7-8-16(2)18(13-15)24-20-25-21(27-22(26-20)29-9-11-31-12-10-29)28-23-14-17-5-3-4-6-19(17)30;/h3-8,13-14,30H,9-12H2,1-2H3,(H2,24,25,26,27,28);1H. The fourth-order valence-electron chi connectivity index (χ4n) is 3.12. The summed E-state index contributed by atoms with van der Waals surface area (Å²) in [5, 5.41) is 17.4. The average molecular weight is 456 g/mol. The summed E-state index contributed by atoms with van der Waals surface area (Å²) >= 11 is 0. The molecule has 1 aromatic heterocycles. The van der Waals surface area contributed by atoms with E-state index in [0.29, 0.717) is 49.7 Å². The Balaban J connectivity index is 0.00000289. The summed E-state index contributed by atoms with van der Waals surface area (Å²) in [7, 11) is 0. The Labute approximate surface area is 193 Å². The lowest BCUT2D eigenvalue weighted by molar-refractivity contribution is 0.122. The summed E-state index contributed by atoms with van der Waals surface area (Å²) in [6, 6.07) is 13.1. The lowest BCUT2D eigenvalue weighted by Crippen LogP contribution is -2.37. The van der Waals surface area contributed by atoms with Gasteiger partial charge in [-0.15, -0.1) is 12.4 Å². The zero-order valence-corrected chi connectivity index (χ0v) is 18.8. The Kier molecular flexibility index (Phi) is 7.80. The molecule has 10 heteroatoms. The maximum Gasteiger partial charge on any atom is 0.250 e. The number of morpholine rings is 1. The third-order valence-corrected chi connectivity index (χ3v) is 4.86. The number of benzene rings is 2. The van der Waals surface area contributed by atoms with Crippen LogP contribution < -0.4 is 15.6 Å². The zero-order chi connectivity index (χ0) is 21.6. The molecule has 1 aliphatic rings. The highest BCUT2D eigenvalue weighted by Crippen LogP contribution is 2.22. The molecular weight excluding hydrogens is 430 g/mol. The van der Waals surface area contributed by atoms with Crippen molar-refractivity contribution >= 4 is 42.2 Å². The van der Waals surface area contributed by atoms with Gasteiger partial charge in [-0.3, -0.25) is 0 Å². The highest BCUT2D eigenvalue weighted by Gasteiger charge is 2.17. The van der Waals surface area contributed by atoms with Gasteiger partial charge in [-0.05, 0) is 43.2 Å². The number of phenols is 1. The van der Waals surface area contributed by atoms with Gasteiger partial charge in [0, 0.05) is 24.3 Å². The van der Waals surface area contributed by atoms with Crippen molar-refractivity contribution in [2.75, 3.05) is 41.9 Å². The van der Waals surface area contributed by atoms with E-state index in [2.05, 4.69) is 53.9 Å². The second-order valence-electron chi connectivity index (χ2n) is 7.25. The average Bonchev–Trinajstić information content (AvgIpc) is 2.78. The Morgan fingerprint density at radius 3 is 2.56 bits per heavy atom. The van der Waals surface area contributed by atoms with Gasteiger partial charge in [0.1, 0.15) is 5.75 Å². The van der Waals surface area contributed by atoms with E-state index in [4.69, 9.17) is 4.74 Å². The maximum atomic E-state index is 9.89. The predicted molar refractivity (Wildman–Crippen MR) is 129 cm³/mol. The number of halogens is 1. The lowest BCUT2D eigenvalue weighted by Gasteiger charge is -2.27. The molecule has 0 radical (unpaired) electrons. The number of anilines is 4. The highest BCUT2D eigenvalue weighted by molar-refractivity contribution is 5.85. The van der Waals surface area contributed by atoms with E-state index in [1.165, 1.54) is 6.21 Å². The minimum Gasteiger partial charge on any atom is -0.507 e. The highest BCUT2D eigenvalue weighted by atomic mass is 35.5. The number of aromatic nitrogens is 3. The minimum absolute atomic E-state index is 0. The van der Waals surface area contributed by atoms with Crippen molar-refractivity contribution in [2.24, 2.45) is 5.10 Å². The Bertz CT molecular complexity index is 1090. The van der Waals surface area contributed by atoms with Crippen molar-refractivity contribution in [1.82, 2.24) is 15.0 Å². The number of aromatic hydroxyl groups is 1. The number of ether oxygens (including phenoxy) is 1. The molecule has 32 heavy (non-hydrogen) atoms. The third-order valence-electron chi connectivity index (χ3n) is 4.86. The fourth-order valence-corrected chi connectivity index (χ4v) is 3.12. The second-order valence-corrected chi connectivity index (χ2v) is 7.25. The molecule has 3 N–H and O–H groups in total. The Morgan fingerprint density at radius 2 is 1.78 bits per heavy atom. The molecule has 0 saturated carbocycles. The van der Waals surface area contributed by atoms with Crippen LogP contribution in [0.15, 0.2) is 47.6 Å². The van der Waals surface area contributed by atoms with Gasteiger partial charge < -0.3 is 20.1 Å². The smallest absolute Gasteiger partial charge is 0.250 e. The topological polar surface area (TPSA) is 108 Å². The van der Waals surface area contributed by atoms with Gasteiger partial charge in [-0.2, -0.15) is 20.1 Å². The molecule has 9 nitrogen and oxygen atoms in total. The molecule has 0 bridgehead atoms. The zero-order valence-electron chi connectivity index (χ0n) is 17.9. The molecule has 1 aliphatic heterocycles. The van der Waals surface area contributed by atoms with E-state index in [9.17, 15) is 5.11 Å². The molecule has 1 fully saturated rings.